The lowest BCUT2D eigenvalue weighted by Crippen LogP contribution is -1.94. The minimum Gasteiger partial charge on any atom is -0.496 e. The van der Waals surface area contributed by atoms with Crippen LogP contribution in [0.1, 0.15) is 5.56 Å². The van der Waals surface area contributed by atoms with Crippen LogP contribution in [0.4, 0.5) is 0 Å². The van der Waals surface area contributed by atoms with Gasteiger partial charge in [-0.15, -0.1) is 0 Å². The highest BCUT2D eigenvalue weighted by Gasteiger charge is 2.11. The second kappa shape index (κ2) is 5.44. The first-order chi connectivity index (χ1) is 9.17. The lowest BCUT2D eigenvalue weighted by atomic mass is 10.0. The molecule has 4 heteroatoms. The lowest BCUT2D eigenvalue weighted by molar-refractivity contribution is -0.131. The molecular weight excluding hydrogens is 244 g/mol. The maximum atomic E-state index is 10.6. The number of carbonyl (C=O) groups is 1. The van der Waals surface area contributed by atoms with E-state index in [0.717, 1.165) is 16.8 Å². The van der Waals surface area contributed by atoms with Crippen molar-refractivity contribution in [3.8, 4) is 11.5 Å². The highest BCUT2D eigenvalue weighted by Crippen LogP contribution is 2.37. The van der Waals surface area contributed by atoms with E-state index in [0.29, 0.717) is 17.1 Å². The Hall–Kier alpha value is -2.49. The van der Waals surface area contributed by atoms with Gasteiger partial charge in [0.05, 0.1) is 14.2 Å². The molecule has 0 saturated carbocycles. The highest BCUT2D eigenvalue weighted by atomic mass is 16.5. The second-order valence-electron chi connectivity index (χ2n) is 3.92. The van der Waals surface area contributed by atoms with Crippen LogP contribution in [0.15, 0.2) is 36.4 Å². The molecule has 0 amide bonds. The average Bonchev–Trinajstić information content (AvgIpc) is 2.43. The summed E-state index contributed by atoms with van der Waals surface area (Å²) in [5, 5.41) is 10.5. The monoisotopic (exact) mass is 258 g/mol. The third-order valence-electron chi connectivity index (χ3n) is 2.82. The number of aliphatic carboxylic acids is 1. The zero-order valence-electron chi connectivity index (χ0n) is 10.7. The first-order valence-corrected chi connectivity index (χ1v) is 5.72. The van der Waals surface area contributed by atoms with Gasteiger partial charge in [0.1, 0.15) is 11.5 Å². The van der Waals surface area contributed by atoms with E-state index in [9.17, 15) is 4.79 Å². The highest BCUT2D eigenvalue weighted by molar-refractivity contribution is 5.97. The number of carboxylic acids is 1. The van der Waals surface area contributed by atoms with E-state index < -0.39 is 5.97 Å². The van der Waals surface area contributed by atoms with Crippen LogP contribution < -0.4 is 9.47 Å². The first kappa shape index (κ1) is 13.0. The number of methoxy groups -OCH3 is 2. The first-order valence-electron chi connectivity index (χ1n) is 5.72. The van der Waals surface area contributed by atoms with Gasteiger partial charge in [0.15, 0.2) is 0 Å². The number of carboxylic acid groups (broad SMARTS) is 1. The molecule has 0 spiro atoms. The smallest absolute Gasteiger partial charge is 0.328 e. The van der Waals surface area contributed by atoms with Crippen molar-refractivity contribution in [2.24, 2.45) is 0 Å². The maximum Gasteiger partial charge on any atom is 0.328 e. The molecule has 0 aliphatic heterocycles. The molecule has 0 heterocycles. The van der Waals surface area contributed by atoms with Crippen molar-refractivity contribution < 1.29 is 19.4 Å². The number of ether oxygens (including phenoxy) is 2. The van der Waals surface area contributed by atoms with Gasteiger partial charge in [-0.2, -0.15) is 0 Å². The van der Waals surface area contributed by atoms with Crippen molar-refractivity contribution >= 4 is 22.8 Å². The molecule has 2 aromatic carbocycles. The summed E-state index contributed by atoms with van der Waals surface area (Å²) in [5.41, 5.74) is 0.667. The largest absolute Gasteiger partial charge is 0.496 e. The van der Waals surface area contributed by atoms with E-state index >= 15 is 0 Å². The quantitative estimate of drug-likeness (QED) is 0.857. The standard InChI is InChI=1S/C15H14O4/c1-18-13-9-10(7-8-14(16)17)15(19-2)12-6-4-3-5-11(12)13/h3-9H,1-2H3,(H,16,17). The van der Waals surface area contributed by atoms with Gasteiger partial charge in [0, 0.05) is 22.4 Å². The van der Waals surface area contributed by atoms with Gasteiger partial charge in [-0.05, 0) is 12.1 Å². The van der Waals surface area contributed by atoms with E-state index in [4.69, 9.17) is 14.6 Å². The summed E-state index contributed by atoms with van der Waals surface area (Å²) >= 11 is 0. The Labute approximate surface area is 110 Å². The van der Waals surface area contributed by atoms with Crippen LogP contribution >= 0.6 is 0 Å². The number of fused-ring (bicyclic) bond motifs is 1. The molecule has 0 aliphatic rings. The van der Waals surface area contributed by atoms with Crippen molar-refractivity contribution in [3.63, 3.8) is 0 Å². The topological polar surface area (TPSA) is 55.8 Å². The molecule has 98 valence electrons. The molecule has 0 saturated heterocycles. The van der Waals surface area contributed by atoms with Gasteiger partial charge in [0.25, 0.3) is 0 Å². The molecule has 0 fully saturated rings. The van der Waals surface area contributed by atoms with Gasteiger partial charge in [-0.1, -0.05) is 24.3 Å². The average molecular weight is 258 g/mol. The Morgan fingerprint density at radius 2 is 1.84 bits per heavy atom. The molecule has 2 aromatic rings. The van der Waals surface area contributed by atoms with Crippen molar-refractivity contribution in [1.29, 1.82) is 0 Å². The SMILES string of the molecule is COc1cc(C=CC(=O)O)c(OC)c2ccccc12. The number of hydrogen-bond donors (Lipinski definition) is 1. The molecule has 0 radical (unpaired) electrons. The van der Waals surface area contributed by atoms with Crippen molar-refractivity contribution in [1.82, 2.24) is 0 Å². The molecule has 0 aliphatic carbocycles. The van der Waals surface area contributed by atoms with Crippen molar-refractivity contribution in [2.45, 2.75) is 0 Å². The van der Waals surface area contributed by atoms with Crippen molar-refractivity contribution in [2.75, 3.05) is 14.2 Å². The molecule has 0 aromatic heterocycles. The fourth-order valence-electron chi connectivity index (χ4n) is 2.02. The van der Waals surface area contributed by atoms with Crippen LogP contribution in [0.25, 0.3) is 16.8 Å². The summed E-state index contributed by atoms with van der Waals surface area (Å²) in [6, 6.07) is 9.42. The molecule has 1 N–H and O–H groups in total. The minimum atomic E-state index is -1.01. The molecule has 19 heavy (non-hydrogen) atoms. The molecule has 4 nitrogen and oxygen atoms in total. The predicted octanol–water partition coefficient (Wildman–Crippen LogP) is 2.95. The third kappa shape index (κ3) is 2.52. The van der Waals surface area contributed by atoms with Crippen LogP contribution in [0.2, 0.25) is 0 Å². The Morgan fingerprint density at radius 3 is 2.42 bits per heavy atom. The van der Waals surface area contributed by atoms with Crippen LogP contribution in [-0.2, 0) is 4.79 Å². The molecule has 0 unspecified atom stereocenters. The Balaban J connectivity index is 2.73. The summed E-state index contributed by atoms with van der Waals surface area (Å²) in [6.07, 6.45) is 2.57. The van der Waals surface area contributed by atoms with Gasteiger partial charge in [0.2, 0.25) is 0 Å². The van der Waals surface area contributed by atoms with Crippen LogP contribution in [0, 0.1) is 0 Å². The van der Waals surface area contributed by atoms with Gasteiger partial charge >= 0.3 is 5.97 Å². The zero-order valence-corrected chi connectivity index (χ0v) is 10.7. The predicted molar refractivity (Wildman–Crippen MR) is 73.7 cm³/mol. The summed E-state index contributed by atoms with van der Waals surface area (Å²) in [7, 11) is 3.14. The lowest BCUT2D eigenvalue weighted by Gasteiger charge is -2.12. The number of rotatable bonds is 4. The maximum absolute atomic E-state index is 10.6. The molecule has 0 atom stereocenters. The number of benzene rings is 2. The van der Waals surface area contributed by atoms with E-state index in [2.05, 4.69) is 0 Å². The van der Waals surface area contributed by atoms with Crippen LogP contribution in [-0.4, -0.2) is 25.3 Å². The zero-order chi connectivity index (χ0) is 13.8. The molecule has 0 bridgehead atoms. The molecule has 2 rings (SSSR count). The summed E-state index contributed by atoms with van der Waals surface area (Å²) in [4.78, 5) is 10.6. The summed E-state index contributed by atoms with van der Waals surface area (Å²) in [6.45, 7) is 0. The summed E-state index contributed by atoms with van der Waals surface area (Å²) < 4.78 is 10.7. The van der Waals surface area contributed by atoms with E-state index in [-0.39, 0.29) is 0 Å². The minimum absolute atomic E-state index is 0.633. The Morgan fingerprint density at radius 1 is 1.16 bits per heavy atom. The number of hydrogen-bond acceptors (Lipinski definition) is 3. The third-order valence-corrected chi connectivity index (χ3v) is 2.82. The van der Waals surface area contributed by atoms with Crippen LogP contribution in [0.3, 0.4) is 0 Å². The fraction of sp³-hybridized carbons (Fsp3) is 0.133. The second-order valence-corrected chi connectivity index (χ2v) is 3.92. The van der Waals surface area contributed by atoms with Gasteiger partial charge in [-0.3, -0.25) is 0 Å². The van der Waals surface area contributed by atoms with Gasteiger partial charge in [-0.25, -0.2) is 4.79 Å². The van der Waals surface area contributed by atoms with Crippen molar-refractivity contribution in [3.05, 3.63) is 42.0 Å². The van der Waals surface area contributed by atoms with Gasteiger partial charge < -0.3 is 14.6 Å². The van der Waals surface area contributed by atoms with E-state index in [1.807, 2.05) is 24.3 Å². The molecular formula is C15H14O4. The summed E-state index contributed by atoms with van der Waals surface area (Å²) in [5.74, 6) is 0.310. The normalized spacial score (nSPS) is 10.8. The Bertz CT molecular complexity index is 644. The Kier molecular flexibility index (Phi) is 3.71. The van der Waals surface area contributed by atoms with E-state index in [1.54, 1.807) is 20.3 Å². The fourth-order valence-corrected chi connectivity index (χ4v) is 2.02. The van der Waals surface area contributed by atoms with E-state index in [1.165, 1.54) is 6.08 Å². The van der Waals surface area contributed by atoms with Crippen LogP contribution in [0.5, 0.6) is 11.5 Å².